The first-order valence-electron chi connectivity index (χ1n) is 8.43. The van der Waals surface area contributed by atoms with Crippen LogP contribution >= 0.6 is 0 Å². The Bertz CT molecular complexity index is 972. The molecule has 0 aliphatic rings. The van der Waals surface area contributed by atoms with Crippen LogP contribution in [0.1, 0.15) is 21.6 Å². The largest absolute Gasteiger partial charge is 0.477 e. The van der Waals surface area contributed by atoms with Crippen LogP contribution in [0.5, 0.6) is 11.5 Å². The summed E-state index contributed by atoms with van der Waals surface area (Å²) in [7, 11) is 0. The molecule has 28 heavy (non-hydrogen) atoms. The molecule has 2 aromatic heterocycles. The Kier molecular flexibility index (Phi) is 5.81. The van der Waals surface area contributed by atoms with Crippen molar-refractivity contribution in [2.24, 2.45) is 0 Å². The number of benzene rings is 1. The van der Waals surface area contributed by atoms with Crippen LogP contribution in [0.15, 0.2) is 60.9 Å². The quantitative estimate of drug-likeness (QED) is 0.604. The lowest BCUT2D eigenvalue weighted by atomic mass is 10.2. The normalized spacial score (nSPS) is 10.2. The van der Waals surface area contributed by atoms with Gasteiger partial charge in [-0.1, -0.05) is 18.2 Å². The van der Waals surface area contributed by atoms with Crippen molar-refractivity contribution in [1.82, 2.24) is 15.3 Å². The molecule has 8 heteroatoms. The molecule has 0 fully saturated rings. The zero-order chi connectivity index (χ0) is 19.9. The highest BCUT2D eigenvalue weighted by molar-refractivity contribution is 5.88. The molecule has 3 rings (SSSR count). The maximum absolute atomic E-state index is 11.9. The number of urea groups is 1. The van der Waals surface area contributed by atoms with Crippen molar-refractivity contribution in [3.63, 3.8) is 0 Å². The summed E-state index contributed by atoms with van der Waals surface area (Å²) in [4.78, 5) is 30.7. The van der Waals surface area contributed by atoms with E-state index in [1.54, 1.807) is 42.6 Å². The van der Waals surface area contributed by atoms with Crippen molar-refractivity contribution >= 4 is 17.8 Å². The van der Waals surface area contributed by atoms with Gasteiger partial charge in [-0.05, 0) is 42.3 Å². The Morgan fingerprint density at radius 1 is 1.04 bits per heavy atom. The maximum Gasteiger partial charge on any atom is 0.354 e. The molecular weight excluding hydrogens is 360 g/mol. The third kappa shape index (κ3) is 5.28. The lowest BCUT2D eigenvalue weighted by Gasteiger charge is -2.09. The van der Waals surface area contributed by atoms with Gasteiger partial charge >= 0.3 is 12.0 Å². The van der Waals surface area contributed by atoms with E-state index in [1.165, 1.54) is 12.3 Å². The second kappa shape index (κ2) is 8.63. The molecule has 0 unspecified atom stereocenters. The lowest BCUT2D eigenvalue weighted by Crippen LogP contribution is -2.28. The Morgan fingerprint density at radius 3 is 2.50 bits per heavy atom. The van der Waals surface area contributed by atoms with Gasteiger partial charge in [0, 0.05) is 25.0 Å². The van der Waals surface area contributed by atoms with Crippen LogP contribution in [0.25, 0.3) is 0 Å². The molecule has 1 aromatic carbocycles. The number of pyridine rings is 2. The number of hydrogen-bond acceptors (Lipinski definition) is 5. The van der Waals surface area contributed by atoms with E-state index in [1.807, 2.05) is 13.0 Å². The molecule has 0 saturated heterocycles. The molecule has 2 amide bonds. The number of anilines is 1. The van der Waals surface area contributed by atoms with Gasteiger partial charge in [0.15, 0.2) is 5.69 Å². The van der Waals surface area contributed by atoms with Gasteiger partial charge in [-0.2, -0.15) is 0 Å². The predicted octanol–water partition coefficient (Wildman–Crippen LogP) is 3.60. The minimum Gasteiger partial charge on any atom is -0.477 e. The Balaban J connectivity index is 1.52. The second-order valence-corrected chi connectivity index (χ2v) is 5.96. The van der Waals surface area contributed by atoms with Crippen molar-refractivity contribution in [1.29, 1.82) is 0 Å². The number of ether oxygens (including phenoxy) is 1. The van der Waals surface area contributed by atoms with Gasteiger partial charge in [-0.15, -0.1) is 0 Å². The monoisotopic (exact) mass is 378 g/mol. The standard InChI is InChI=1S/C20H18N4O4/c1-13-2-7-18(22-11-13)24-20(27)23-12-14-3-5-15(6-4-14)28-16-8-9-21-17(10-16)19(25)26/h2-11H,12H2,1H3,(H,25,26)(H2,22,23,24,27). The lowest BCUT2D eigenvalue weighted by molar-refractivity contribution is 0.0690. The van der Waals surface area contributed by atoms with Crippen LogP contribution < -0.4 is 15.4 Å². The number of aromatic carboxylic acids is 1. The summed E-state index contributed by atoms with van der Waals surface area (Å²) in [5, 5.41) is 14.4. The molecule has 0 bridgehead atoms. The Hall–Kier alpha value is -3.94. The fraction of sp³-hybridized carbons (Fsp3) is 0.100. The van der Waals surface area contributed by atoms with Gasteiger partial charge in [0.2, 0.25) is 0 Å². The third-order valence-electron chi connectivity index (χ3n) is 3.72. The summed E-state index contributed by atoms with van der Waals surface area (Å²) in [5.41, 5.74) is 1.80. The number of aryl methyl sites for hydroxylation is 1. The van der Waals surface area contributed by atoms with E-state index >= 15 is 0 Å². The molecule has 0 saturated carbocycles. The topological polar surface area (TPSA) is 113 Å². The maximum atomic E-state index is 11.9. The van der Waals surface area contributed by atoms with E-state index in [-0.39, 0.29) is 11.7 Å². The second-order valence-electron chi connectivity index (χ2n) is 5.96. The summed E-state index contributed by atoms with van der Waals surface area (Å²) in [6.07, 6.45) is 3.05. The SMILES string of the molecule is Cc1ccc(NC(=O)NCc2ccc(Oc3ccnc(C(=O)O)c3)cc2)nc1. The fourth-order valence-electron chi connectivity index (χ4n) is 2.29. The highest BCUT2D eigenvalue weighted by Gasteiger charge is 2.07. The first-order valence-corrected chi connectivity index (χ1v) is 8.43. The molecule has 142 valence electrons. The van der Waals surface area contributed by atoms with Gasteiger partial charge in [-0.3, -0.25) is 5.32 Å². The van der Waals surface area contributed by atoms with Crippen molar-refractivity contribution in [2.45, 2.75) is 13.5 Å². The summed E-state index contributed by atoms with van der Waals surface area (Å²) >= 11 is 0. The molecule has 8 nitrogen and oxygen atoms in total. The van der Waals surface area contributed by atoms with E-state index in [0.717, 1.165) is 11.1 Å². The van der Waals surface area contributed by atoms with Crippen LogP contribution in [-0.2, 0) is 6.54 Å². The number of nitrogens with zero attached hydrogens (tertiary/aromatic N) is 2. The van der Waals surface area contributed by atoms with E-state index in [2.05, 4.69) is 20.6 Å². The van der Waals surface area contributed by atoms with Crippen LogP contribution in [-0.4, -0.2) is 27.1 Å². The number of hydrogen-bond donors (Lipinski definition) is 3. The highest BCUT2D eigenvalue weighted by atomic mass is 16.5. The zero-order valence-electron chi connectivity index (χ0n) is 15.0. The van der Waals surface area contributed by atoms with Crippen LogP contribution in [0.2, 0.25) is 0 Å². The van der Waals surface area contributed by atoms with Crippen LogP contribution in [0.4, 0.5) is 10.6 Å². The van der Waals surface area contributed by atoms with Crippen molar-refractivity contribution in [2.75, 3.05) is 5.32 Å². The molecule has 0 atom stereocenters. The van der Waals surface area contributed by atoms with Gasteiger partial charge in [0.25, 0.3) is 0 Å². The molecular formula is C20H18N4O4. The molecule has 3 aromatic rings. The number of nitrogens with one attached hydrogen (secondary N) is 2. The number of carbonyl (C=O) groups excluding carboxylic acids is 1. The number of carbonyl (C=O) groups is 2. The van der Waals surface area contributed by atoms with Gasteiger partial charge in [-0.25, -0.2) is 19.6 Å². The fourth-order valence-corrected chi connectivity index (χ4v) is 2.29. The molecule has 0 spiro atoms. The average molecular weight is 378 g/mol. The average Bonchev–Trinajstić information content (AvgIpc) is 2.69. The number of amides is 2. The minimum absolute atomic E-state index is 0.0904. The van der Waals surface area contributed by atoms with Crippen LogP contribution in [0, 0.1) is 6.92 Å². The molecule has 0 aliphatic heterocycles. The Morgan fingerprint density at radius 2 is 1.82 bits per heavy atom. The van der Waals surface area contributed by atoms with Crippen molar-refractivity contribution in [3.05, 3.63) is 77.7 Å². The summed E-state index contributed by atoms with van der Waals surface area (Å²) in [5.74, 6) is 0.277. The predicted molar refractivity (Wildman–Crippen MR) is 103 cm³/mol. The number of carboxylic acid groups (broad SMARTS) is 1. The first-order chi connectivity index (χ1) is 13.5. The first kappa shape index (κ1) is 18.8. The van der Waals surface area contributed by atoms with Crippen molar-refractivity contribution in [3.8, 4) is 11.5 Å². The van der Waals surface area contributed by atoms with E-state index in [4.69, 9.17) is 9.84 Å². The van der Waals surface area contributed by atoms with E-state index in [9.17, 15) is 9.59 Å². The minimum atomic E-state index is -1.12. The number of carboxylic acids is 1. The molecule has 3 N–H and O–H groups in total. The van der Waals surface area contributed by atoms with Crippen LogP contribution in [0.3, 0.4) is 0 Å². The van der Waals surface area contributed by atoms with Gasteiger partial charge in [0.1, 0.15) is 17.3 Å². The van der Waals surface area contributed by atoms with Gasteiger partial charge in [0.05, 0.1) is 0 Å². The summed E-state index contributed by atoms with van der Waals surface area (Å²) < 4.78 is 5.63. The third-order valence-corrected chi connectivity index (χ3v) is 3.72. The summed E-state index contributed by atoms with van der Waals surface area (Å²) in [6.45, 7) is 2.25. The number of aromatic nitrogens is 2. The smallest absolute Gasteiger partial charge is 0.354 e. The number of rotatable bonds is 6. The van der Waals surface area contributed by atoms with Gasteiger partial charge < -0.3 is 15.2 Å². The van der Waals surface area contributed by atoms with E-state index in [0.29, 0.717) is 23.9 Å². The zero-order valence-corrected chi connectivity index (χ0v) is 15.0. The molecule has 0 radical (unpaired) electrons. The van der Waals surface area contributed by atoms with Crippen molar-refractivity contribution < 1.29 is 19.4 Å². The summed E-state index contributed by atoms with van der Waals surface area (Å²) in [6, 6.07) is 13.2. The highest BCUT2D eigenvalue weighted by Crippen LogP contribution is 2.22. The Labute approximate surface area is 161 Å². The molecule has 2 heterocycles. The molecule has 0 aliphatic carbocycles. The van der Waals surface area contributed by atoms with E-state index < -0.39 is 5.97 Å².